The van der Waals surface area contributed by atoms with Gasteiger partial charge in [0, 0.05) is 10.4 Å². The fourth-order valence-corrected chi connectivity index (χ4v) is 4.55. The molecule has 6 heteroatoms. The number of hydrogen-bond donors (Lipinski definition) is 1. The lowest BCUT2D eigenvalue weighted by atomic mass is 9.97. The zero-order valence-electron chi connectivity index (χ0n) is 12.4. The summed E-state index contributed by atoms with van der Waals surface area (Å²) in [6.07, 6.45) is 6.48. The van der Waals surface area contributed by atoms with E-state index >= 15 is 0 Å². The van der Waals surface area contributed by atoms with E-state index in [1.54, 1.807) is 40.4 Å². The molecule has 4 aromatic rings. The van der Waals surface area contributed by atoms with Crippen LogP contribution in [-0.4, -0.2) is 24.7 Å². The number of aromatic hydroxyl groups is 1. The summed E-state index contributed by atoms with van der Waals surface area (Å²) in [4.78, 5) is 11.8. The fourth-order valence-electron chi connectivity index (χ4n) is 3.32. The maximum absolute atomic E-state index is 9.67. The normalized spacial score (nSPS) is 14.4. The molecular weight excluding hydrogens is 308 g/mol. The second-order valence-corrected chi connectivity index (χ2v) is 6.97. The van der Waals surface area contributed by atoms with Crippen LogP contribution in [0.4, 0.5) is 0 Å². The maximum atomic E-state index is 9.67. The number of aromatic nitrogens is 4. The van der Waals surface area contributed by atoms with E-state index in [9.17, 15) is 5.11 Å². The smallest absolute Gasteiger partial charge is 0.182 e. The average molecular weight is 322 g/mol. The van der Waals surface area contributed by atoms with Gasteiger partial charge in [-0.1, -0.05) is 12.1 Å². The van der Waals surface area contributed by atoms with Gasteiger partial charge >= 0.3 is 0 Å². The molecule has 0 amide bonds. The molecule has 1 aliphatic rings. The minimum Gasteiger partial charge on any atom is -0.508 e. The summed E-state index contributed by atoms with van der Waals surface area (Å²) in [5, 5.41) is 15.4. The Morgan fingerprint density at radius 1 is 1.17 bits per heavy atom. The number of aryl methyl sites for hydroxylation is 2. The van der Waals surface area contributed by atoms with Crippen LogP contribution in [0.15, 0.2) is 30.6 Å². The van der Waals surface area contributed by atoms with Crippen LogP contribution >= 0.6 is 11.3 Å². The maximum Gasteiger partial charge on any atom is 0.182 e. The van der Waals surface area contributed by atoms with E-state index in [0.717, 1.165) is 34.3 Å². The Morgan fingerprint density at radius 3 is 3.00 bits per heavy atom. The van der Waals surface area contributed by atoms with Crippen molar-refractivity contribution in [3.05, 3.63) is 41.0 Å². The first kappa shape index (κ1) is 13.0. The SMILES string of the molecule is Oc1cccc(-c2nc3c4c5c(sc4ncn3n2)CCCC5)c1. The van der Waals surface area contributed by atoms with Gasteiger partial charge in [0.25, 0.3) is 0 Å². The molecule has 1 N–H and O–H groups in total. The molecule has 23 heavy (non-hydrogen) atoms. The van der Waals surface area contributed by atoms with Gasteiger partial charge in [-0.05, 0) is 43.4 Å². The molecule has 0 saturated heterocycles. The number of benzene rings is 1. The number of nitrogens with zero attached hydrogens (tertiary/aromatic N) is 4. The average Bonchev–Trinajstić information content (AvgIpc) is 3.15. The van der Waals surface area contributed by atoms with Crippen LogP contribution in [0.2, 0.25) is 0 Å². The highest BCUT2D eigenvalue weighted by Gasteiger charge is 2.20. The standard InChI is InChI=1S/C17H14N4OS/c22-11-5-3-4-10(8-11)15-19-16-14-12-6-1-2-7-13(12)23-17(14)18-9-21(16)20-15/h3-5,8-9,22H,1-2,6-7H2. The molecule has 0 atom stereocenters. The van der Waals surface area contributed by atoms with Crippen molar-refractivity contribution < 1.29 is 5.11 Å². The Bertz CT molecular complexity index is 1050. The van der Waals surface area contributed by atoms with Gasteiger partial charge in [-0.2, -0.15) is 0 Å². The monoisotopic (exact) mass is 322 g/mol. The molecule has 5 rings (SSSR count). The van der Waals surface area contributed by atoms with Crippen LogP contribution in [0.1, 0.15) is 23.3 Å². The fraction of sp³-hybridized carbons (Fsp3) is 0.235. The molecule has 0 fully saturated rings. The number of fused-ring (bicyclic) bond motifs is 5. The Balaban J connectivity index is 1.79. The summed E-state index contributed by atoms with van der Waals surface area (Å²) in [6.45, 7) is 0. The van der Waals surface area contributed by atoms with E-state index in [4.69, 9.17) is 4.98 Å². The molecule has 0 radical (unpaired) electrons. The second kappa shape index (κ2) is 4.76. The van der Waals surface area contributed by atoms with E-state index < -0.39 is 0 Å². The first-order chi connectivity index (χ1) is 11.3. The largest absolute Gasteiger partial charge is 0.508 e. The molecule has 0 spiro atoms. The van der Waals surface area contributed by atoms with E-state index in [2.05, 4.69) is 10.1 Å². The molecule has 1 aliphatic carbocycles. The van der Waals surface area contributed by atoms with Gasteiger partial charge in [0.1, 0.15) is 16.9 Å². The lowest BCUT2D eigenvalue weighted by molar-refractivity contribution is 0.475. The van der Waals surface area contributed by atoms with Gasteiger partial charge in [-0.3, -0.25) is 0 Å². The van der Waals surface area contributed by atoms with Gasteiger partial charge < -0.3 is 5.11 Å². The molecule has 0 aliphatic heterocycles. The van der Waals surface area contributed by atoms with Crippen molar-refractivity contribution in [1.82, 2.24) is 19.6 Å². The first-order valence-electron chi connectivity index (χ1n) is 7.74. The minimum atomic E-state index is 0.220. The quantitative estimate of drug-likeness (QED) is 0.582. The van der Waals surface area contributed by atoms with E-state index in [0.29, 0.717) is 5.82 Å². The molecule has 1 aromatic carbocycles. The third kappa shape index (κ3) is 1.95. The van der Waals surface area contributed by atoms with Crippen molar-refractivity contribution in [3.8, 4) is 17.1 Å². The van der Waals surface area contributed by atoms with Crippen LogP contribution in [0, 0.1) is 0 Å². The van der Waals surface area contributed by atoms with Gasteiger partial charge in [0.05, 0.1) is 5.39 Å². The Morgan fingerprint density at radius 2 is 2.09 bits per heavy atom. The highest BCUT2D eigenvalue weighted by atomic mass is 32.1. The minimum absolute atomic E-state index is 0.220. The zero-order chi connectivity index (χ0) is 15.4. The van der Waals surface area contributed by atoms with Crippen LogP contribution < -0.4 is 0 Å². The van der Waals surface area contributed by atoms with E-state index in [-0.39, 0.29) is 5.75 Å². The topological polar surface area (TPSA) is 63.3 Å². The molecule has 0 bridgehead atoms. The van der Waals surface area contributed by atoms with Gasteiger partial charge in [0.15, 0.2) is 11.5 Å². The number of rotatable bonds is 1. The number of hydrogen-bond acceptors (Lipinski definition) is 5. The summed E-state index contributed by atoms with van der Waals surface area (Å²) >= 11 is 1.79. The van der Waals surface area contributed by atoms with Crippen LogP contribution in [-0.2, 0) is 12.8 Å². The first-order valence-corrected chi connectivity index (χ1v) is 8.56. The summed E-state index contributed by atoms with van der Waals surface area (Å²) in [5.41, 5.74) is 3.09. The predicted molar refractivity (Wildman–Crippen MR) is 89.9 cm³/mol. The third-order valence-corrected chi connectivity index (χ3v) is 5.60. The molecular formula is C17H14N4OS. The lowest BCUT2D eigenvalue weighted by Gasteiger charge is -2.09. The van der Waals surface area contributed by atoms with Crippen LogP contribution in [0.3, 0.4) is 0 Å². The highest BCUT2D eigenvalue weighted by molar-refractivity contribution is 7.19. The Kier molecular flexibility index (Phi) is 2.69. The summed E-state index contributed by atoms with van der Waals surface area (Å²) < 4.78 is 1.75. The molecule has 0 unspecified atom stereocenters. The number of phenolic OH excluding ortho intramolecular Hbond substituents is 1. The highest BCUT2D eigenvalue weighted by Crippen LogP contribution is 2.37. The van der Waals surface area contributed by atoms with Crippen molar-refractivity contribution in [2.45, 2.75) is 25.7 Å². The lowest BCUT2D eigenvalue weighted by Crippen LogP contribution is -1.99. The number of thiophene rings is 1. The van der Waals surface area contributed by atoms with Crippen molar-refractivity contribution in [2.24, 2.45) is 0 Å². The third-order valence-electron chi connectivity index (χ3n) is 4.40. The molecule has 0 saturated carbocycles. The number of phenols is 1. The van der Waals surface area contributed by atoms with E-state index in [1.807, 2.05) is 6.07 Å². The molecule has 114 valence electrons. The molecule has 3 aromatic heterocycles. The second-order valence-electron chi connectivity index (χ2n) is 5.89. The van der Waals surface area contributed by atoms with Crippen LogP contribution in [0.5, 0.6) is 5.75 Å². The van der Waals surface area contributed by atoms with Crippen molar-refractivity contribution in [1.29, 1.82) is 0 Å². The van der Waals surface area contributed by atoms with Gasteiger partial charge in [-0.15, -0.1) is 16.4 Å². The zero-order valence-corrected chi connectivity index (χ0v) is 13.2. The predicted octanol–water partition coefficient (Wildman–Crippen LogP) is 3.59. The Labute approximate surface area is 136 Å². The Hall–Kier alpha value is -2.47. The van der Waals surface area contributed by atoms with Crippen molar-refractivity contribution in [2.75, 3.05) is 0 Å². The van der Waals surface area contributed by atoms with Crippen LogP contribution in [0.25, 0.3) is 27.3 Å². The van der Waals surface area contributed by atoms with Crippen molar-refractivity contribution in [3.63, 3.8) is 0 Å². The summed E-state index contributed by atoms with van der Waals surface area (Å²) in [6, 6.07) is 7.04. The summed E-state index contributed by atoms with van der Waals surface area (Å²) in [5.74, 6) is 0.837. The van der Waals surface area contributed by atoms with Crippen molar-refractivity contribution >= 4 is 27.2 Å². The van der Waals surface area contributed by atoms with E-state index in [1.165, 1.54) is 23.3 Å². The summed E-state index contributed by atoms with van der Waals surface area (Å²) in [7, 11) is 0. The molecule has 3 heterocycles. The van der Waals surface area contributed by atoms with Gasteiger partial charge in [0.2, 0.25) is 0 Å². The van der Waals surface area contributed by atoms with Gasteiger partial charge in [-0.25, -0.2) is 14.5 Å². The molecule has 5 nitrogen and oxygen atoms in total.